The molecule has 1 atom stereocenters. The lowest BCUT2D eigenvalue weighted by Crippen LogP contribution is -2.41. The Balaban J connectivity index is 2.17. The van der Waals surface area contributed by atoms with Crippen LogP contribution in [-0.2, 0) is 9.53 Å². The fourth-order valence-electron chi connectivity index (χ4n) is 2.30. The van der Waals surface area contributed by atoms with E-state index in [9.17, 15) is 14.7 Å². The predicted molar refractivity (Wildman–Crippen MR) is 87.8 cm³/mol. The second kappa shape index (κ2) is 6.79. The van der Waals surface area contributed by atoms with Gasteiger partial charge in [-0.25, -0.2) is 4.79 Å². The van der Waals surface area contributed by atoms with Crippen LogP contribution in [0.2, 0.25) is 5.02 Å². The third-order valence-electron chi connectivity index (χ3n) is 3.57. The van der Waals surface area contributed by atoms with Gasteiger partial charge in [0.25, 0.3) is 0 Å². The van der Waals surface area contributed by atoms with E-state index in [1.54, 1.807) is 49.9 Å². The average Bonchev–Trinajstić information content (AvgIpc) is 3.23. The lowest BCUT2D eigenvalue weighted by molar-refractivity contribution is -0.139. The maximum absolute atomic E-state index is 12.4. The Bertz CT molecular complexity index is 575. The van der Waals surface area contributed by atoms with Gasteiger partial charge in [-0.05, 0) is 51.3 Å². The van der Waals surface area contributed by atoms with Crippen molar-refractivity contribution >= 4 is 23.7 Å². The van der Waals surface area contributed by atoms with Crippen LogP contribution in [0.1, 0.15) is 45.1 Å². The van der Waals surface area contributed by atoms with Crippen LogP contribution >= 0.6 is 11.6 Å². The van der Waals surface area contributed by atoms with Gasteiger partial charge in [0.15, 0.2) is 0 Å². The zero-order chi connectivity index (χ0) is 17.2. The van der Waals surface area contributed by atoms with E-state index < -0.39 is 23.6 Å². The van der Waals surface area contributed by atoms with Crippen molar-refractivity contribution in [1.82, 2.24) is 4.90 Å². The first-order chi connectivity index (χ1) is 10.7. The Morgan fingerprint density at radius 1 is 1.30 bits per heavy atom. The zero-order valence-electron chi connectivity index (χ0n) is 13.6. The van der Waals surface area contributed by atoms with Crippen molar-refractivity contribution in [3.63, 3.8) is 0 Å². The van der Waals surface area contributed by atoms with Crippen LogP contribution in [-0.4, -0.2) is 40.3 Å². The van der Waals surface area contributed by atoms with E-state index >= 15 is 0 Å². The number of carbonyl (C=O) groups is 2. The third-order valence-corrected chi connectivity index (χ3v) is 3.82. The predicted octanol–water partition coefficient (Wildman–Crippen LogP) is 3.91. The van der Waals surface area contributed by atoms with E-state index in [-0.39, 0.29) is 12.6 Å². The van der Waals surface area contributed by atoms with Gasteiger partial charge >= 0.3 is 12.1 Å². The summed E-state index contributed by atoms with van der Waals surface area (Å²) in [6, 6.07) is 6.74. The average molecular weight is 340 g/mol. The summed E-state index contributed by atoms with van der Waals surface area (Å²) in [5, 5.41) is 10.1. The fourth-order valence-corrected chi connectivity index (χ4v) is 2.42. The van der Waals surface area contributed by atoms with Crippen LogP contribution in [0, 0.1) is 0 Å². The first kappa shape index (κ1) is 17.6. The van der Waals surface area contributed by atoms with E-state index in [0.717, 1.165) is 12.8 Å². The second-order valence-electron chi connectivity index (χ2n) is 6.81. The molecule has 126 valence electrons. The first-order valence-electron chi connectivity index (χ1n) is 7.65. The van der Waals surface area contributed by atoms with Gasteiger partial charge in [-0.3, -0.25) is 4.79 Å². The molecule has 1 aromatic carbocycles. The van der Waals surface area contributed by atoms with Crippen LogP contribution in [0.5, 0.6) is 0 Å². The van der Waals surface area contributed by atoms with Crippen molar-refractivity contribution in [3.05, 3.63) is 34.9 Å². The van der Waals surface area contributed by atoms with Crippen LogP contribution in [0.25, 0.3) is 0 Å². The minimum atomic E-state index is -0.971. The number of aliphatic carboxylic acids is 1. The molecule has 0 unspecified atom stereocenters. The molecule has 5 nitrogen and oxygen atoms in total. The molecular weight excluding hydrogens is 318 g/mol. The summed E-state index contributed by atoms with van der Waals surface area (Å²) in [7, 11) is 0. The molecule has 1 aromatic rings. The van der Waals surface area contributed by atoms with Gasteiger partial charge in [-0.15, -0.1) is 0 Å². The normalized spacial score (nSPS) is 15.8. The van der Waals surface area contributed by atoms with E-state index in [2.05, 4.69) is 0 Å². The van der Waals surface area contributed by atoms with Gasteiger partial charge in [0, 0.05) is 17.6 Å². The summed E-state index contributed by atoms with van der Waals surface area (Å²) in [5.74, 6) is -1.78. The number of carboxylic acid groups (broad SMARTS) is 1. The quantitative estimate of drug-likeness (QED) is 0.883. The Morgan fingerprint density at radius 3 is 2.30 bits per heavy atom. The van der Waals surface area contributed by atoms with E-state index in [1.807, 2.05) is 0 Å². The molecule has 2 rings (SSSR count). The van der Waals surface area contributed by atoms with E-state index in [1.165, 1.54) is 0 Å². The maximum atomic E-state index is 12.4. The molecule has 0 spiro atoms. The minimum Gasteiger partial charge on any atom is -0.481 e. The first-order valence-corrected chi connectivity index (χ1v) is 8.03. The van der Waals surface area contributed by atoms with Crippen molar-refractivity contribution in [2.24, 2.45) is 0 Å². The van der Waals surface area contributed by atoms with Crippen LogP contribution in [0.15, 0.2) is 24.3 Å². The molecule has 1 aliphatic carbocycles. The molecule has 1 fully saturated rings. The van der Waals surface area contributed by atoms with Crippen LogP contribution in [0.4, 0.5) is 4.79 Å². The highest BCUT2D eigenvalue weighted by Crippen LogP contribution is 2.31. The Kier molecular flexibility index (Phi) is 5.19. The van der Waals surface area contributed by atoms with Crippen molar-refractivity contribution in [3.8, 4) is 0 Å². The zero-order valence-corrected chi connectivity index (χ0v) is 14.3. The highest BCUT2D eigenvalue weighted by Gasteiger charge is 2.38. The largest absolute Gasteiger partial charge is 0.481 e. The number of halogens is 1. The highest BCUT2D eigenvalue weighted by molar-refractivity contribution is 6.30. The van der Waals surface area contributed by atoms with Gasteiger partial charge in [0.05, 0.1) is 5.92 Å². The van der Waals surface area contributed by atoms with E-state index in [0.29, 0.717) is 10.6 Å². The number of benzene rings is 1. The molecule has 0 saturated heterocycles. The van der Waals surface area contributed by atoms with Gasteiger partial charge in [-0.2, -0.15) is 0 Å². The lowest BCUT2D eigenvalue weighted by atomic mass is 9.98. The van der Waals surface area contributed by atoms with Gasteiger partial charge in [-0.1, -0.05) is 23.7 Å². The number of nitrogens with zero attached hydrogens (tertiary/aromatic N) is 1. The number of carbonyl (C=O) groups excluding carboxylic acids is 1. The maximum Gasteiger partial charge on any atom is 0.410 e. The minimum absolute atomic E-state index is 0.0685. The smallest absolute Gasteiger partial charge is 0.410 e. The second-order valence-corrected chi connectivity index (χ2v) is 7.24. The third kappa shape index (κ3) is 5.13. The molecule has 6 heteroatoms. The summed E-state index contributed by atoms with van der Waals surface area (Å²) in [6.07, 6.45) is 1.30. The fraction of sp³-hybridized carbons (Fsp3) is 0.529. The van der Waals surface area contributed by atoms with Crippen molar-refractivity contribution in [1.29, 1.82) is 0 Å². The summed E-state index contributed by atoms with van der Waals surface area (Å²) in [6.45, 7) is 5.48. The number of amides is 1. The molecular formula is C17H22ClNO4. The Morgan fingerprint density at radius 2 is 1.87 bits per heavy atom. The number of hydrogen-bond donors (Lipinski definition) is 1. The van der Waals surface area contributed by atoms with Gasteiger partial charge < -0.3 is 14.7 Å². The SMILES string of the molecule is CC(C)(C)OC(=O)N(C[C@@H](C(=O)O)c1ccc(Cl)cc1)C1CC1. The standard InChI is InChI=1S/C17H22ClNO4/c1-17(2,3)23-16(22)19(13-8-9-13)10-14(15(20)21)11-4-6-12(18)7-5-11/h4-7,13-14H,8-10H2,1-3H3,(H,20,21)/t14-/m1/s1. The summed E-state index contributed by atoms with van der Waals surface area (Å²) in [4.78, 5) is 25.6. The van der Waals surface area contributed by atoms with Crippen molar-refractivity contribution < 1.29 is 19.4 Å². The number of carboxylic acids is 1. The molecule has 0 bridgehead atoms. The van der Waals surface area contributed by atoms with Crippen molar-refractivity contribution in [2.75, 3.05) is 6.54 Å². The molecule has 23 heavy (non-hydrogen) atoms. The Hall–Kier alpha value is -1.75. The molecule has 1 amide bonds. The van der Waals surface area contributed by atoms with E-state index in [4.69, 9.17) is 16.3 Å². The van der Waals surface area contributed by atoms with Crippen LogP contribution < -0.4 is 0 Å². The Labute approximate surface area is 141 Å². The van der Waals surface area contributed by atoms with Gasteiger partial charge in [0.2, 0.25) is 0 Å². The monoisotopic (exact) mass is 339 g/mol. The summed E-state index contributed by atoms with van der Waals surface area (Å²) in [5.41, 5.74) is 0.0135. The highest BCUT2D eigenvalue weighted by atomic mass is 35.5. The van der Waals surface area contributed by atoms with Crippen LogP contribution in [0.3, 0.4) is 0 Å². The number of hydrogen-bond acceptors (Lipinski definition) is 3. The van der Waals surface area contributed by atoms with Gasteiger partial charge in [0.1, 0.15) is 5.60 Å². The molecule has 0 aromatic heterocycles. The molecule has 0 radical (unpaired) electrons. The molecule has 1 saturated carbocycles. The molecule has 1 aliphatic rings. The van der Waals surface area contributed by atoms with Crippen molar-refractivity contribution in [2.45, 2.75) is 51.2 Å². The topological polar surface area (TPSA) is 66.8 Å². The lowest BCUT2D eigenvalue weighted by Gasteiger charge is -2.29. The summed E-state index contributed by atoms with van der Waals surface area (Å²) < 4.78 is 5.41. The summed E-state index contributed by atoms with van der Waals surface area (Å²) >= 11 is 5.85. The number of ether oxygens (including phenoxy) is 1. The number of rotatable bonds is 5. The molecule has 0 heterocycles. The molecule has 1 N–H and O–H groups in total. The molecule has 0 aliphatic heterocycles.